The number of hydrogen-bond acceptors (Lipinski definition) is 5. The molecular formula is C10H9F3N2O5S2. The Hall–Kier alpha value is -1.92. The minimum absolute atomic E-state index is 0.0721. The van der Waals surface area contributed by atoms with Gasteiger partial charge in [-0.05, 0) is 24.3 Å². The van der Waals surface area contributed by atoms with E-state index in [-0.39, 0.29) is 5.69 Å². The van der Waals surface area contributed by atoms with E-state index >= 15 is 0 Å². The molecule has 1 rings (SSSR count). The molecule has 1 aromatic carbocycles. The van der Waals surface area contributed by atoms with Crippen LogP contribution in [0.25, 0.3) is 0 Å². The van der Waals surface area contributed by atoms with Gasteiger partial charge in [-0.3, -0.25) is 4.79 Å². The maximum absolute atomic E-state index is 12.2. The lowest BCUT2D eigenvalue weighted by Gasteiger charge is -2.11. The van der Waals surface area contributed by atoms with Crippen LogP contribution in [0.15, 0.2) is 41.8 Å². The largest absolute Gasteiger partial charge is 0.512 e. The summed E-state index contributed by atoms with van der Waals surface area (Å²) in [6.07, 6.45) is 0.882. The highest BCUT2D eigenvalue weighted by molar-refractivity contribution is 8.05. The van der Waals surface area contributed by atoms with E-state index in [1.54, 1.807) is 0 Å². The van der Waals surface area contributed by atoms with Crippen molar-refractivity contribution in [1.29, 1.82) is 0 Å². The van der Waals surface area contributed by atoms with Crippen LogP contribution in [0, 0.1) is 0 Å². The van der Waals surface area contributed by atoms with Crippen molar-refractivity contribution in [2.45, 2.75) is 10.4 Å². The van der Waals surface area contributed by atoms with E-state index < -0.39 is 36.4 Å². The number of benzene rings is 1. The quantitative estimate of drug-likeness (QED) is 0.762. The van der Waals surface area contributed by atoms with Gasteiger partial charge in [0.15, 0.2) is 0 Å². The zero-order valence-corrected chi connectivity index (χ0v) is 12.2. The van der Waals surface area contributed by atoms with Crippen LogP contribution < -0.4 is 9.44 Å². The first-order valence-corrected chi connectivity index (χ1v) is 8.24. The van der Waals surface area contributed by atoms with Gasteiger partial charge in [-0.1, -0.05) is 16.8 Å². The monoisotopic (exact) mass is 358 g/mol. The number of nitrogens with one attached hydrogen (secondary N) is 2. The van der Waals surface area contributed by atoms with E-state index in [1.807, 2.05) is 0 Å². The summed E-state index contributed by atoms with van der Waals surface area (Å²) in [5, 5.41) is 2.18. The third-order valence-electron chi connectivity index (χ3n) is 2.12. The number of sulfonamides is 2. The van der Waals surface area contributed by atoms with E-state index in [0.29, 0.717) is 4.13 Å². The fraction of sp³-hybridized carbons (Fsp3) is 0.100. The lowest BCUT2D eigenvalue weighted by molar-refractivity contribution is -0.111. The van der Waals surface area contributed by atoms with Crippen molar-refractivity contribution in [2.24, 2.45) is 0 Å². The van der Waals surface area contributed by atoms with Gasteiger partial charge in [0.25, 0.3) is 10.0 Å². The smallest absolute Gasteiger partial charge is 0.322 e. The third kappa shape index (κ3) is 4.29. The molecule has 0 saturated carbocycles. The minimum atomic E-state index is -6.09. The standard InChI is InChI=1S/C10H9F3N2O5S2/c1-2-9(16)14-7-4-3-5-8(6-7)21(17,18)15-22(19,20)10(11,12)13/h2-6,15H,1H2,(H,14,16). The molecule has 0 fully saturated rings. The molecule has 22 heavy (non-hydrogen) atoms. The Morgan fingerprint density at radius 3 is 2.27 bits per heavy atom. The summed E-state index contributed by atoms with van der Waals surface area (Å²) in [4.78, 5) is 10.3. The van der Waals surface area contributed by atoms with Gasteiger partial charge in [-0.2, -0.15) is 13.2 Å². The van der Waals surface area contributed by atoms with Crippen molar-refractivity contribution < 1.29 is 34.8 Å². The molecule has 0 heterocycles. The summed E-state index contributed by atoms with van der Waals surface area (Å²) in [7, 11) is -11.1. The van der Waals surface area contributed by atoms with Crippen LogP contribution in [-0.4, -0.2) is 28.3 Å². The number of carbonyl (C=O) groups is 1. The summed E-state index contributed by atoms with van der Waals surface area (Å²) < 4.78 is 82.2. The Balaban J connectivity index is 3.17. The number of amides is 1. The SMILES string of the molecule is C=CC(=O)Nc1cccc(S(=O)(=O)NS(=O)(=O)C(F)(F)F)c1. The lowest BCUT2D eigenvalue weighted by atomic mass is 10.3. The molecule has 12 heteroatoms. The van der Waals surface area contributed by atoms with Gasteiger partial charge in [0.05, 0.1) is 4.90 Å². The minimum Gasteiger partial charge on any atom is -0.322 e. The van der Waals surface area contributed by atoms with Crippen LogP contribution in [0.1, 0.15) is 0 Å². The number of carbonyl (C=O) groups excluding carboxylic acids is 1. The van der Waals surface area contributed by atoms with Crippen molar-refractivity contribution in [2.75, 3.05) is 5.32 Å². The van der Waals surface area contributed by atoms with Gasteiger partial charge >= 0.3 is 15.5 Å². The van der Waals surface area contributed by atoms with E-state index in [0.717, 1.165) is 24.3 Å². The Bertz CT molecular complexity index is 800. The van der Waals surface area contributed by atoms with Gasteiger partial charge in [0.2, 0.25) is 5.91 Å². The Kier molecular flexibility index (Phi) is 4.99. The van der Waals surface area contributed by atoms with Crippen LogP contribution >= 0.6 is 0 Å². The first-order chi connectivity index (χ1) is 9.89. The van der Waals surface area contributed by atoms with Gasteiger partial charge in [-0.15, -0.1) is 0 Å². The predicted octanol–water partition coefficient (Wildman–Crippen LogP) is 0.939. The van der Waals surface area contributed by atoms with Gasteiger partial charge in [0, 0.05) is 5.69 Å². The van der Waals surface area contributed by atoms with E-state index in [1.165, 1.54) is 6.07 Å². The molecule has 0 unspecified atom stereocenters. The molecule has 1 aromatic rings. The van der Waals surface area contributed by atoms with Crippen molar-refractivity contribution in [1.82, 2.24) is 4.13 Å². The topological polar surface area (TPSA) is 109 Å². The molecule has 0 aliphatic heterocycles. The molecule has 2 N–H and O–H groups in total. The molecule has 0 radical (unpaired) electrons. The molecule has 122 valence electrons. The van der Waals surface area contributed by atoms with E-state index in [2.05, 4.69) is 11.9 Å². The zero-order valence-electron chi connectivity index (χ0n) is 10.6. The molecule has 0 spiro atoms. The lowest BCUT2D eigenvalue weighted by Crippen LogP contribution is -2.40. The van der Waals surface area contributed by atoms with Crippen LogP contribution in [0.3, 0.4) is 0 Å². The maximum atomic E-state index is 12.2. The number of alkyl halides is 3. The molecule has 0 aromatic heterocycles. The molecular weight excluding hydrogens is 349 g/mol. The highest BCUT2D eigenvalue weighted by atomic mass is 32.3. The van der Waals surface area contributed by atoms with E-state index in [9.17, 15) is 34.8 Å². The summed E-state index contributed by atoms with van der Waals surface area (Å²) in [5.74, 6) is -0.689. The number of rotatable bonds is 5. The second-order valence-electron chi connectivity index (χ2n) is 3.76. The Labute approximate surface area is 123 Å². The fourth-order valence-corrected chi connectivity index (χ4v) is 3.63. The van der Waals surface area contributed by atoms with Crippen LogP contribution in [0.2, 0.25) is 0 Å². The summed E-state index contributed by atoms with van der Waals surface area (Å²) >= 11 is 0. The summed E-state index contributed by atoms with van der Waals surface area (Å²) in [6.45, 7) is 3.16. The normalized spacial score (nSPS) is 12.7. The average molecular weight is 358 g/mol. The van der Waals surface area contributed by atoms with E-state index in [4.69, 9.17) is 0 Å². The predicted molar refractivity (Wildman–Crippen MR) is 70.6 cm³/mol. The van der Waals surface area contributed by atoms with Crippen LogP contribution in [0.5, 0.6) is 0 Å². The molecule has 0 saturated heterocycles. The van der Waals surface area contributed by atoms with Gasteiger partial charge in [-0.25, -0.2) is 16.8 Å². The Morgan fingerprint density at radius 1 is 1.18 bits per heavy atom. The highest BCUT2D eigenvalue weighted by Gasteiger charge is 2.48. The molecule has 0 bridgehead atoms. The first-order valence-electron chi connectivity index (χ1n) is 5.27. The summed E-state index contributed by atoms with van der Waals surface area (Å²) in [6, 6.07) is 4.00. The third-order valence-corrected chi connectivity index (χ3v) is 5.36. The second kappa shape index (κ2) is 6.06. The average Bonchev–Trinajstić information content (AvgIpc) is 2.36. The molecule has 0 atom stereocenters. The van der Waals surface area contributed by atoms with Gasteiger partial charge in [0.1, 0.15) is 0 Å². The first kappa shape index (κ1) is 18.1. The number of anilines is 1. The van der Waals surface area contributed by atoms with Crippen LogP contribution in [-0.2, 0) is 24.8 Å². The molecule has 7 nitrogen and oxygen atoms in total. The van der Waals surface area contributed by atoms with Crippen molar-refractivity contribution in [3.63, 3.8) is 0 Å². The highest BCUT2D eigenvalue weighted by Crippen LogP contribution is 2.24. The Morgan fingerprint density at radius 2 is 1.77 bits per heavy atom. The maximum Gasteiger partial charge on any atom is 0.512 e. The van der Waals surface area contributed by atoms with Crippen LogP contribution in [0.4, 0.5) is 18.9 Å². The molecule has 1 amide bonds. The number of halogens is 3. The summed E-state index contributed by atoms with van der Waals surface area (Å²) in [5.41, 5.74) is -5.86. The van der Waals surface area contributed by atoms with Crippen molar-refractivity contribution in [3.8, 4) is 0 Å². The zero-order chi connectivity index (χ0) is 17.2. The van der Waals surface area contributed by atoms with Crippen molar-refractivity contribution in [3.05, 3.63) is 36.9 Å². The number of hydrogen-bond donors (Lipinski definition) is 2. The second-order valence-corrected chi connectivity index (χ2v) is 7.37. The molecule has 0 aliphatic carbocycles. The molecule has 0 aliphatic rings. The van der Waals surface area contributed by atoms with Crippen molar-refractivity contribution >= 4 is 31.6 Å². The fourth-order valence-electron chi connectivity index (χ4n) is 1.17. The van der Waals surface area contributed by atoms with Gasteiger partial charge < -0.3 is 5.32 Å².